The Morgan fingerprint density at radius 2 is 1.92 bits per heavy atom. The van der Waals surface area contributed by atoms with E-state index in [1.54, 1.807) is 22.7 Å². The normalized spacial score (nSPS) is 11.6. The number of methoxy groups -OCH3 is 1. The van der Waals surface area contributed by atoms with Crippen LogP contribution in [-0.4, -0.2) is 44.4 Å². The fourth-order valence-corrected chi connectivity index (χ4v) is 3.71. The third-order valence-corrected chi connectivity index (χ3v) is 5.56. The van der Waals surface area contributed by atoms with E-state index in [4.69, 9.17) is 9.84 Å². The van der Waals surface area contributed by atoms with Gasteiger partial charge in [0.2, 0.25) is 0 Å². The van der Waals surface area contributed by atoms with Crippen molar-refractivity contribution >= 4 is 29.0 Å². The molecule has 0 saturated carbocycles. The van der Waals surface area contributed by atoms with Crippen LogP contribution < -0.4 is 15.4 Å². The summed E-state index contributed by atoms with van der Waals surface area (Å²) in [5.74, 6) is -1.17. The molecule has 0 spiro atoms. The molecule has 36 heavy (non-hydrogen) atoms. The highest BCUT2D eigenvalue weighted by atomic mass is 16.6. The van der Waals surface area contributed by atoms with Crippen molar-refractivity contribution < 1.29 is 24.4 Å². The molecule has 11 nitrogen and oxygen atoms in total. The summed E-state index contributed by atoms with van der Waals surface area (Å²) in [4.78, 5) is 39.8. The first-order valence-corrected chi connectivity index (χ1v) is 11.0. The Morgan fingerprint density at radius 3 is 2.58 bits per heavy atom. The second kappa shape index (κ2) is 10.1. The summed E-state index contributed by atoms with van der Waals surface area (Å²) in [6, 6.07) is 16.2. The van der Waals surface area contributed by atoms with Gasteiger partial charge in [0.15, 0.2) is 11.4 Å². The van der Waals surface area contributed by atoms with Crippen molar-refractivity contribution in [2.45, 2.75) is 19.5 Å². The van der Waals surface area contributed by atoms with Crippen molar-refractivity contribution in [2.75, 3.05) is 12.4 Å². The lowest BCUT2D eigenvalue weighted by Gasteiger charge is -2.11. The van der Waals surface area contributed by atoms with Crippen LogP contribution in [0.25, 0.3) is 16.9 Å². The van der Waals surface area contributed by atoms with E-state index < -0.39 is 22.8 Å². The molecule has 184 valence electrons. The molecule has 3 N–H and O–H groups in total. The summed E-state index contributed by atoms with van der Waals surface area (Å²) in [5.41, 5.74) is 1.99. The van der Waals surface area contributed by atoms with Crippen LogP contribution in [0.15, 0.2) is 66.9 Å². The standard InChI is InChI=1S/C25H23N5O6/c1-15(25(32)33)27-24(31)18-9-6-12-29-22(18)28-21(23(29)26-14-16-7-4-3-5-8-16)17-10-11-20(36-2)19(13-17)30(34)35/h3-13,15,26H,14H2,1-2H3,(H,27,31)(H,32,33). The number of nitro benzene ring substituents is 1. The first-order valence-electron chi connectivity index (χ1n) is 11.0. The number of nitro groups is 1. The van der Waals surface area contributed by atoms with Gasteiger partial charge < -0.3 is 20.5 Å². The first-order chi connectivity index (χ1) is 17.3. The Morgan fingerprint density at radius 1 is 1.17 bits per heavy atom. The Balaban J connectivity index is 1.86. The molecule has 0 radical (unpaired) electrons. The number of ether oxygens (including phenoxy) is 1. The number of fused-ring (bicyclic) bond motifs is 1. The number of aliphatic carboxylic acids is 1. The smallest absolute Gasteiger partial charge is 0.325 e. The van der Waals surface area contributed by atoms with E-state index in [2.05, 4.69) is 15.6 Å². The summed E-state index contributed by atoms with van der Waals surface area (Å²) < 4.78 is 6.78. The third-order valence-electron chi connectivity index (χ3n) is 5.56. The number of nitrogens with zero attached hydrogens (tertiary/aromatic N) is 3. The zero-order chi connectivity index (χ0) is 25.8. The van der Waals surface area contributed by atoms with E-state index in [-0.39, 0.29) is 22.6 Å². The number of hydrogen-bond acceptors (Lipinski definition) is 7. The number of benzene rings is 2. The van der Waals surface area contributed by atoms with Gasteiger partial charge in [0.25, 0.3) is 5.91 Å². The summed E-state index contributed by atoms with van der Waals surface area (Å²) in [5, 5.41) is 26.5. The predicted octanol–water partition coefficient (Wildman–Crippen LogP) is 3.73. The Labute approximate surface area is 205 Å². The largest absolute Gasteiger partial charge is 0.490 e. The van der Waals surface area contributed by atoms with Gasteiger partial charge in [-0.15, -0.1) is 0 Å². The monoisotopic (exact) mass is 489 g/mol. The summed E-state index contributed by atoms with van der Waals surface area (Å²) in [6.45, 7) is 1.78. The molecule has 1 atom stereocenters. The molecule has 0 bridgehead atoms. The lowest BCUT2D eigenvalue weighted by molar-refractivity contribution is -0.385. The number of carbonyl (C=O) groups excluding carboxylic acids is 1. The number of imidazole rings is 1. The third kappa shape index (κ3) is 4.80. The molecule has 0 aliphatic carbocycles. The average molecular weight is 489 g/mol. The molecule has 1 unspecified atom stereocenters. The number of carboxylic acids is 1. The van der Waals surface area contributed by atoms with E-state index in [0.29, 0.717) is 23.6 Å². The quantitative estimate of drug-likeness (QED) is 0.238. The molecule has 2 aromatic carbocycles. The molecule has 0 aliphatic rings. The van der Waals surface area contributed by atoms with Crippen LogP contribution in [0.5, 0.6) is 5.75 Å². The van der Waals surface area contributed by atoms with Gasteiger partial charge in [-0.3, -0.25) is 24.1 Å². The number of carbonyl (C=O) groups is 2. The highest BCUT2D eigenvalue weighted by Gasteiger charge is 2.24. The van der Waals surface area contributed by atoms with E-state index >= 15 is 0 Å². The van der Waals surface area contributed by atoms with Gasteiger partial charge in [-0.05, 0) is 36.8 Å². The lowest BCUT2D eigenvalue weighted by Crippen LogP contribution is -2.38. The maximum atomic E-state index is 12.9. The van der Waals surface area contributed by atoms with Crippen LogP contribution in [0.3, 0.4) is 0 Å². The number of carboxylic acid groups (broad SMARTS) is 1. The molecule has 4 rings (SSSR count). The van der Waals surface area contributed by atoms with E-state index in [0.717, 1.165) is 5.56 Å². The van der Waals surface area contributed by atoms with Crippen LogP contribution in [0, 0.1) is 10.1 Å². The SMILES string of the molecule is COc1ccc(-c2nc3c(C(=O)NC(C)C(=O)O)cccn3c2NCc2ccccc2)cc1[N+](=O)[O-]. The van der Waals surface area contributed by atoms with Crippen LogP contribution in [0.1, 0.15) is 22.8 Å². The molecule has 0 aliphatic heterocycles. The maximum Gasteiger partial charge on any atom is 0.325 e. The van der Waals surface area contributed by atoms with E-state index in [1.165, 1.54) is 32.2 Å². The molecule has 0 fully saturated rings. The Kier molecular flexibility index (Phi) is 6.81. The van der Waals surface area contributed by atoms with Gasteiger partial charge in [-0.25, -0.2) is 4.98 Å². The summed E-state index contributed by atoms with van der Waals surface area (Å²) >= 11 is 0. The fourth-order valence-electron chi connectivity index (χ4n) is 3.71. The highest BCUT2D eigenvalue weighted by Crippen LogP contribution is 2.36. The maximum absolute atomic E-state index is 12.9. The second-order valence-corrected chi connectivity index (χ2v) is 7.94. The van der Waals surface area contributed by atoms with Crippen molar-refractivity contribution in [3.05, 3.63) is 88.1 Å². The zero-order valence-corrected chi connectivity index (χ0v) is 19.5. The summed E-state index contributed by atoms with van der Waals surface area (Å²) in [7, 11) is 1.35. The minimum atomic E-state index is -1.17. The molecule has 4 aromatic rings. The number of hydrogen-bond donors (Lipinski definition) is 3. The van der Waals surface area contributed by atoms with Crippen molar-refractivity contribution in [3.8, 4) is 17.0 Å². The van der Waals surface area contributed by atoms with Crippen LogP contribution in [0.2, 0.25) is 0 Å². The van der Waals surface area contributed by atoms with Crippen LogP contribution >= 0.6 is 0 Å². The van der Waals surface area contributed by atoms with E-state index in [1.807, 2.05) is 30.3 Å². The molecular formula is C25H23N5O6. The average Bonchev–Trinajstić information content (AvgIpc) is 3.26. The molecular weight excluding hydrogens is 466 g/mol. The van der Waals surface area contributed by atoms with Gasteiger partial charge in [0, 0.05) is 24.4 Å². The predicted molar refractivity (Wildman–Crippen MR) is 132 cm³/mol. The molecule has 1 amide bonds. The number of nitrogens with one attached hydrogen (secondary N) is 2. The number of rotatable bonds is 9. The van der Waals surface area contributed by atoms with Crippen LogP contribution in [-0.2, 0) is 11.3 Å². The van der Waals surface area contributed by atoms with Gasteiger partial charge in [0.05, 0.1) is 17.6 Å². The molecule has 0 saturated heterocycles. The molecule has 11 heteroatoms. The lowest BCUT2D eigenvalue weighted by atomic mass is 10.1. The number of anilines is 1. The van der Waals surface area contributed by atoms with Crippen molar-refractivity contribution in [1.82, 2.24) is 14.7 Å². The second-order valence-electron chi connectivity index (χ2n) is 7.94. The van der Waals surface area contributed by atoms with Crippen molar-refractivity contribution in [2.24, 2.45) is 0 Å². The molecule has 2 heterocycles. The number of aromatic nitrogens is 2. The van der Waals surface area contributed by atoms with Crippen molar-refractivity contribution in [1.29, 1.82) is 0 Å². The van der Waals surface area contributed by atoms with Crippen LogP contribution in [0.4, 0.5) is 11.5 Å². The Hall–Kier alpha value is -4.93. The van der Waals surface area contributed by atoms with Gasteiger partial charge >= 0.3 is 11.7 Å². The fraction of sp³-hybridized carbons (Fsp3) is 0.160. The number of amides is 1. The van der Waals surface area contributed by atoms with Gasteiger partial charge in [-0.2, -0.15) is 0 Å². The summed E-state index contributed by atoms with van der Waals surface area (Å²) in [6.07, 6.45) is 1.70. The first kappa shape index (κ1) is 24.2. The van der Waals surface area contributed by atoms with Gasteiger partial charge in [-0.1, -0.05) is 30.3 Å². The van der Waals surface area contributed by atoms with Gasteiger partial charge in [0.1, 0.15) is 17.6 Å². The van der Waals surface area contributed by atoms with Crippen molar-refractivity contribution in [3.63, 3.8) is 0 Å². The molecule has 2 aromatic heterocycles. The highest BCUT2D eigenvalue weighted by molar-refractivity contribution is 6.02. The number of pyridine rings is 1. The minimum Gasteiger partial charge on any atom is -0.490 e. The minimum absolute atomic E-state index is 0.106. The zero-order valence-electron chi connectivity index (χ0n) is 19.5. The topological polar surface area (TPSA) is 148 Å². The Bertz CT molecular complexity index is 1450. The van der Waals surface area contributed by atoms with E-state index in [9.17, 15) is 19.7 Å².